The Labute approximate surface area is 190 Å². The van der Waals surface area contributed by atoms with E-state index in [-0.39, 0.29) is 17.7 Å². The average molecular weight is 436 g/mol. The van der Waals surface area contributed by atoms with Crippen LogP contribution in [0, 0.1) is 5.92 Å². The van der Waals surface area contributed by atoms with E-state index in [2.05, 4.69) is 20.6 Å². The summed E-state index contributed by atoms with van der Waals surface area (Å²) < 4.78 is 0. The quantitative estimate of drug-likeness (QED) is 0.760. The summed E-state index contributed by atoms with van der Waals surface area (Å²) >= 11 is 0. The second-order valence-electron chi connectivity index (χ2n) is 7.76. The third-order valence-electron chi connectivity index (χ3n) is 5.33. The Balaban J connectivity index is 1.63. The van der Waals surface area contributed by atoms with Crippen LogP contribution in [0.2, 0.25) is 0 Å². The zero-order valence-corrected chi connectivity index (χ0v) is 18.0. The monoisotopic (exact) mass is 436 g/mol. The molecule has 3 aliphatic rings. The molecule has 2 aromatic rings. The van der Waals surface area contributed by atoms with Gasteiger partial charge in [0.25, 0.3) is 0 Å². The summed E-state index contributed by atoms with van der Waals surface area (Å²) in [6, 6.07) is 15.0. The number of amidine groups is 2. The number of hydrogen-bond donors (Lipinski definition) is 2. The highest BCUT2D eigenvalue weighted by molar-refractivity contribution is 6.27. The normalized spacial score (nSPS) is 18.1. The third kappa shape index (κ3) is 3.94. The summed E-state index contributed by atoms with van der Waals surface area (Å²) in [5, 5.41) is 5.73. The Morgan fingerprint density at radius 2 is 1.42 bits per heavy atom. The molecule has 0 saturated heterocycles. The van der Waals surface area contributed by atoms with Crippen LogP contribution in [0.4, 0.5) is 11.4 Å². The molecule has 1 atom stereocenters. The lowest BCUT2D eigenvalue weighted by atomic mass is 9.87. The van der Waals surface area contributed by atoms with Crippen molar-refractivity contribution in [3.05, 3.63) is 77.4 Å². The summed E-state index contributed by atoms with van der Waals surface area (Å²) in [5.41, 5.74) is 5.25. The van der Waals surface area contributed by atoms with Crippen molar-refractivity contribution >= 4 is 52.6 Å². The summed E-state index contributed by atoms with van der Waals surface area (Å²) in [4.78, 5) is 41.7. The summed E-state index contributed by atoms with van der Waals surface area (Å²) in [6.07, 6.45) is 5.40. The molecule has 1 unspecified atom stereocenters. The first-order valence-corrected chi connectivity index (χ1v) is 10.4. The number of allylic oxidation sites excluding steroid dienone is 2. The van der Waals surface area contributed by atoms with E-state index in [1.165, 1.54) is 20.2 Å². The molecule has 2 amide bonds. The molecule has 33 heavy (non-hydrogen) atoms. The van der Waals surface area contributed by atoms with Gasteiger partial charge in [0.2, 0.25) is 11.8 Å². The van der Waals surface area contributed by atoms with Gasteiger partial charge in [0.05, 0.1) is 22.8 Å². The zero-order valence-electron chi connectivity index (χ0n) is 18.0. The van der Waals surface area contributed by atoms with E-state index in [4.69, 9.17) is 9.98 Å². The van der Waals surface area contributed by atoms with E-state index in [0.29, 0.717) is 34.5 Å². The van der Waals surface area contributed by atoms with Crippen LogP contribution in [0.1, 0.15) is 25.0 Å². The molecule has 0 aromatic heterocycles. The lowest BCUT2D eigenvalue weighted by Gasteiger charge is -2.28. The molecule has 162 valence electrons. The van der Waals surface area contributed by atoms with Crippen LogP contribution in [0.15, 0.2) is 86.2 Å². The lowest BCUT2D eigenvalue weighted by molar-refractivity contribution is -0.115. The van der Waals surface area contributed by atoms with Gasteiger partial charge in [-0.2, -0.15) is 0 Å². The van der Waals surface area contributed by atoms with Crippen LogP contribution in [0.3, 0.4) is 0 Å². The number of rotatable bonds is 4. The van der Waals surface area contributed by atoms with Crippen molar-refractivity contribution in [2.24, 2.45) is 25.9 Å². The van der Waals surface area contributed by atoms with Crippen molar-refractivity contribution < 1.29 is 9.59 Å². The minimum atomic E-state index is -0.261. The molecule has 8 nitrogen and oxygen atoms in total. The Hall–Kier alpha value is -4.46. The fourth-order valence-corrected chi connectivity index (χ4v) is 4.02. The summed E-state index contributed by atoms with van der Waals surface area (Å²) in [5.74, 6) is 0.618. The van der Waals surface area contributed by atoms with Crippen LogP contribution >= 0.6 is 0 Å². The maximum absolute atomic E-state index is 11.7. The van der Waals surface area contributed by atoms with E-state index >= 15 is 0 Å². The predicted molar refractivity (Wildman–Crippen MR) is 131 cm³/mol. The van der Waals surface area contributed by atoms with Gasteiger partial charge in [-0.3, -0.25) is 9.59 Å². The third-order valence-corrected chi connectivity index (χ3v) is 5.33. The van der Waals surface area contributed by atoms with E-state index in [1.54, 1.807) is 0 Å². The maximum atomic E-state index is 11.7. The van der Waals surface area contributed by atoms with Crippen LogP contribution in [-0.2, 0) is 9.59 Å². The van der Waals surface area contributed by atoms with Crippen molar-refractivity contribution in [3.8, 4) is 0 Å². The molecule has 0 radical (unpaired) electrons. The van der Waals surface area contributed by atoms with Crippen molar-refractivity contribution in [2.75, 3.05) is 10.6 Å². The number of anilines is 2. The average Bonchev–Trinajstić information content (AvgIpc) is 2.79. The zero-order chi connectivity index (χ0) is 22.9. The van der Waals surface area contributed by atoms with Gasteiger partial charge >= 0.3 is 0 Å². The number of amides is 2. The number of hydrogen-bond acceptors (Lipinski definition) is 6. The minimum Gasteiger partial charge on any atom is -0.326 e. The highest BCUT2D eigenvalue weighted by atomic mass is 16.2. The molecule has 2 N–H and O–H groups in total. The number of carbonyl (C=O) groups excluding carboxylic acids is 2. The number of aliphatic imine (C=N–C) groups is 4. The maximum Gasteiger partial charge on any atom is 0.221 e. The number of carbonyl (C=O) groups is 2. The summed E-state index contributed by atoms with van der Waals surface area (Å²) in [6.45, 7) is 2.95. The standard InChI is InChI=1S/C25H20N6O2/c1-14(32)28-19-9-5-3-7-17(19)21-11-16-12-22(18-8-4-6-10-20(18)29-15(2)33)31-25-23(16)24(30-21)26-13-27-25/h3-13,23H,1-2H3,(H,28,32)(H,29,33). The Morgan fingerprint density at radius 3 is 2.12 bits per heavy atom. The molecule has 2 aromatic carbocycles. The van der Waals surface area contributed by atoms with E-state index in [0.717, 1.165) is 16.7 Å². The van der Waals surface area contributed by atoms with Crippen LogP contribution < -0.4 is 10.6 Å². The van der Waals surface area contributed by atoms with Gasteiger partial charge in [0.1, 0.15) is 23.9 Å². The highest BCUT2D eigenvalue weighted by Gasteiger charge is 2.34. The fourth-order valence-electron chi connectivity index (χ4n) is 4.02. The molecule has 5 rings (SSSR count). The first-order valence-electron chi connectivity index (χ1n) is 10.4. The number of benzene rings is 2. The molecule has 0 bridgehead atoms. The molecule has 3 aliphatic heterocycles. The molecule has 0 fully saturated rings. The highest BCUT2D eigenvalue weighted by Crippen LogP contribution is 2.36. The number of dihydropyridines is 1. The van der Waals surface area contributed by atoms with Gasteiger partial charge in [-0.1, -0.05) is 36.4 Å². The molecule has 0 aliphatic carbocycles. The van der Waals surface area contributed by atoms with Crippen molar-refractivity contribution in [1.29, 1.82) is 0 Å². The van der Waals surface area contributed by atoms with Gasteiger partial charge in [-0.15, -0.1) is 0 Å². The Bertz CT molecular complexity index is 1320. The second-order valence-corrected chi connectivity index (χ2v) is 7.76. The Morgan fingerprint density at radius 1 is 0.788 bits per heavy atom. The van der Waals surface area contributed by atoms with Gasteiger partial charge in [-0.05, 0) is 29.9 Å². The van der Waals surface area contributed by atoms with Crippen LogP contribution in [0.5, 0.6) is 0 Å². The molecule has 0 spiro atoms. The molecule has 8 heteroatoms. The van der Waals surface area contributed by atoms with Crippen LogP contribution in [-0.4, -0.2) is 35.5 Å². The molecular formula is C25H20N6O2. The summed E-state index contributed by atoms with van der Waals surface area (Å²) in [7, 11) is 0. The molecule has 3 heterocycles. The smallest absolute Gasteiger partial charge is 0.221 e. The fraction of sp³-hybridized carbons (Fsp3) is 0.120. The molecular weight excluding hydrogens is 416 g/mol. The van der Waals surface area contributed by atoms with Crippen molar-refractivity contribution in [1.82, 2.24) is 0 Å². The van der Waals surface area contributed by atoms with Gasteiger partial charge < -0.3 is 10.6 Å². The van der Waals surface area contributed by atoms with E-state index in [1.807, 2.05) is 60.7 Å². The van der Waals surface area contributed by atoms with Gasteiger partial charge in [-0.25, -0.2) is 20.0 Å². The Kier molecular flexibility index (Phi) is 5.10. The molecule has 0 saturated carbocycles. The number of para-hydroxylation sites is 2. The SMILES string of the molecule is CC(=O)Nc1ccccc1C1=CC2=CC(c3ccccc3NC(C)=O)=NC3=NC=NC(=N1)C23. The van der Waals surface area contributed by atoms with E-state index in [9.17, 15) is 9.59 Å². The van der Waals surface area contributed by atoms with Gasteiger partial charge in [0.15, 0.2) is 0 Å². The minimum absolute atomic E-state index is 0.157. The topological polar surface area (TPSA) is 108 Å². The first-order chi connectivity index (χ1) is 16.0. The number of nitrogens with zero attached hydrogens (tertiary/aromatic N) is 4. The van der Waals surface area contributed by atoms with E-state index < -0.39 is 0 Å². The van der Waals surface area contributed by atoms with Gasteiger partial charge in [0, 0.05) is 25.0 Å². The van der Waals surface area contributed by atoms with Crippen LogP contribution in [0.25, 0.3) is 5.70 Å². The predicted octanol–water partition coefficient (Wildman–Crippen LogP) is 3.84. The second kappa shape index (κ2) is 8.23. The largest absolute Gasteiger partial charge is 0.326 e. The van der Waals surface area contributed by atoms with Crippen molar-refractivity contribution in [3.63, 3.8) is 0 Å². The lowest BCUT2D eigenvalue weighted by Crippen LogP contribution is -2.32. The first kappa shape index (κ1) is 20.4. The number of nitrogens with one attached hydrogen (secondary N) is 2. The van der Waals surface area contributed by atoms with Crippen molar-refractivity contribution in [2.45, 2.75) is 13.8 Å².